The predicted octanol–water partition coefficient (Wildman–Crippen LogP) is 2.24. The van der Waals surface area contributed by atoms with E-state index < -0.39 is 82.0 Å². The van der Waals surface area contributed by atoms with Crippen molar-refractivity contribution in [3.05, 3.63) is 41.0 Å². The highest BCUT2D eigenvalue weighted by atomic mass is 16.5. The molecule has 5 saturated carbocycles. The zero-order valence-electron chi connectivity index (χ0n) is 35.5. The first-order valence-electron chi connectivity index (χ1n) is 21.9. The van der Waals surface area contributed by atoms with Crippen molar-refractivity contribution in [1.29, 1.82) is 0 Å². The number of ketones is 5. The summed E-state index contributed by atoms with van der Waals surface area (Å²) in [5.74, 6) is -11.6. The van der Waals surface area contributed by atoms with Crippen LogP contribution < -0.4 is 10.6 Å². The van der Waals surface area contributed by atoms with E-state index in [1.54, 1.807) is 19.1 Å². The Morgan fingerprint density at radius 2 is 1.68 bits per heavy atom. The largest absolute Gasteiger partial charge is 0.507 e. The van der Waals surface area contributed by atoms with Gasteiger partial charge in [0.15, 0.2) is 40.4 Å². The Morgan fingerprint density at radius 1 is 0.967 bits per heavy atom. The van der Waals surface area contributed by atoms with Crippen molar-refractivity contribution < 1.29 is 53.9 Å². The van der Waals surface area contributed by atoms with Crippen LogP contribution in [0, 0.1) is 52.3 Å². The second-order valence-electron chi connectivity index (χ2n) is 19.8. The van der Waals surface area contributed by atoms with E-state index in [1.165, 1.54) is 37.6 Å². The van der Waals surface area contributed by atoms with Crippen LogP contribution in [0.4, 0.5) is 0 Å². The molecule has 0 aliphatic heterocycles. The van der Waals surface area contributed by atoms with Crippen molar-refractivity contribution in [2.45, 2.75) is 114 Å². The van der Waals surface area contributed by atoms with Gasteiger partial charge in [-0.05, 0) is 113 Å². The first-order valence-corrected chi connectivity index (χ1v) is 21.9. The molecular weight excluding hydrogens is 771 g/mol. The first kappa shape index (κ1) is 43.0. The number of ether oxygens (including phenoxy) is 1. The number of phenolic OH excluding ortho intramolecular Hbond substituents is 1. The van der Waals surface area contributed by atoms with E-state index in [1.807, 2.05) is 0 Å². The number of amides is 1. The third-order valence-electron chi connectivity index (χ3n) is 17.1. The fourth-order valence-electron chi connectivity index (χ4n) is 14.0. The van der Waals surface area contributed by atoms with Crippen molar-refractivity contribution in [3.63, 3.8) is 0 Å². The van der Waals surface area contributed by atoms with Gasteiger partial charge in [-0.15, -0.1) is 0 Å². The molecule has 5 fully saturated rings. The highest BCUT2D eigenvalue weighted by Gasteiger charge is 2.73. The summed E-state index contributed by atoms with van der Waals surface area (Å²) in [7, 11) is 2.99. The molecule has 7 aliphatic rings. The maximum absolute atomic E-state index is 14.3. The molecular formula is C46H61N3O11. The smallest absolute Gasteiger partial charge is 0.239 e. The average Bonchev–Trinajstić information content (AvgIpc) is 3.48. The minimum absolute atomic E-state index is 0.0527. The summed E-state index contributed by atoms with van der Waals surface area (Å²) in [5.41, 5.74) is -2.85. The maximum atomic E-state index is 14.3. The summed E-state index contributed by atoms with van der Waals surface area (Å²) in [6.45, 7) is 8.26. The van der Waals surface area contributed by atoms with Crippen LogP contribution in [0.25, 0.3) is 0 Å². The summed E-state index contributed by atoms with van der Waals surface area (Å²) >= 11 is 0. The van der Waals surface area contributed by atoms with Gasteiger partial charge in [0.05, 0.1) is 48.9 Å². The number of carbonyl (C=O) groups excluding carboxylic acids is 6. The van der Waals surface area contributed by atoms with Crippen LogP contribution in [0.3, 0.4) is 0 Å². The Bertz CT molecular complexity index is 2050. The summed E-state index contributed by atoms with van der Waals surface area (Å²) in [6.07, 6.45) is 7.70. The Kier molecular flexibility index (Phi) is 10.8. The highest BCUT2D eigenvalue weighted by Crippen LogP contribution is 2.68. The van der Waals surface area contributed by atoms with Gasteiger partial charge in [-0.25, -0.2) is 0 Å². The van der Waals surface area contributed by atoms with Gasteiger partial charge < -0.3 is 30.5 Å². The monoisotopic (exact) mass is 831 g/mol. The molecule has 0 radical (unpaired) electrons. The SMILES string of the molecule is CC(=O)C1(O)CCC2C3CCC4=CC(OCCNCNC(=O)C5C(=O)C(N(C)C)C6C(O)C7C(C(=O)c8c(O)cccc8C7C)C(=O)C6(O)C5=O)CCC4(C)C3CCC21C. The minimum atomic E-state index is -3.03. The number of aliphatic hydroxyl groups excluding tert-OH is 1. The number of nitrogens with zero attached hydrogens (tertiary/aromatic N) is 1. The fourth-order valence-corrected chi connectivity index (χ4v) is 14.0. The number of Topliss-reactive ketones (excluding diaryl/α,β-unsaturated/α-hetero) is 5. The van der Waals surface area contributed by atoms with E-state index in [2.05, 4.69) is 30.6 Å². The minimum Gasteiger partial charge on any atom is -0.507 e. The number of hydrogen-bond donors (Lipinski definition) is 6. The number of hydrogen-bond acceptors (Lipinski definition) is 13. The zero-order chi connectivity index (χ0) is 43.4. The van der Waals surface area contributed by atoms with Crippen molar-refractivity contribution in [1.82, 2.24) is 15.5 Å². The molecule has 0 spiro atoms. The van der Waals surface area contributed by atoms with Gasteiger partial charge in [0.25, 0.3) is 0 Å². The fraction of sp³-hybridized carbons (Fsp3) is 0.696. The van der Waals surface area contributed by atoms with Crippen LogP contribution in [0.1, 0.15) is 101 Å². The molecule has 0 heterocycles. The van der Waals surface area contributed by atoms with Crippen molar-refractivity contribution in [2.75, 3.05) is 33.9 Å². The quantitative estimate of drug-likeness (QED) is 0.0912. The molecule has 8 rings (SSSR count). The molecule has 60 heavy (non-hydrogen) atoms. The molecule has 14 heteroatoms. The summed E-state index contributed by atoms with van der Waals surface area (Å²) in [6, 6.07) is 3.05. The molecule has 7 aliphatic carbocycles. The van der Waals surface area contributed by atoms with Crippen LogP contribution in [0.2, 0.25) is 0 Å². The van der Waals surface area contributed by atoms with Crippen LogP contribution in [0.5, 0.6) is 5.75 Å². The van der Waals surface area contributed by atoms with Crippen LogP contribution in [0.15, 0.2) is 29.8 Å². The maximum Gasteiger partial charge on any atom is 0.239 e. The van der Waals surface area contributed by atoms with Gasteiger partial charge in [0.2, 0.25) is 5.91 Å². The lowest BCUT2D eigenvalue weighted by Crippen LogP contribution is -2.77. The predicted molar refractivity (Wildman–Crippen MR) is 216 cm³/mol. The number of benzene rings is 1. The number of aliphatic hydroxyl groups is 3. The second-order valence-corrected chi connectivity index (χ2v) is 19.8. The van der Waals surface area contributed by atoms with E-state index in [-0.39, 0.29) is 40.7 Å². The molecule has 326 valence electrons. The summed E-state index contributed by atoms with van der Waals surface area (Å²) in [4.78, 5) is 83.9. The Hall–Kier alpha value is -3.66. The number of carbonyl (C=O) groups is 6. The van der Waals surface area contributed by atoms with Crippen LogP contribution in [-0.4, -0.2) is 124 Å². The van der Waals surface area contributed by atoms with Crippen LogP contribution >= 0.6 is 0 Å². The average molecular weight is 832 g/mol. The molecule has 15 atom stereocenters. The van der Waals surface area contributed by atoms with Crippen molar-refractivity contribution >= 4 is 34.8 Å². The van der Waals surface area contributed by atoms with E-state index in [9.17, 15) is 49.2 Å². The lowest BCUT2D eigenvalue weighted by Gasteiger charge is -2.59. The molecule has 6 N–H and O–H groups in total. The van der Waals surface area contributed by atoms with Gasteiger partial charge in [0, 0.05) is 17.9 Å². The van der Waals surface area contributed by atoms with Crippen molar-refractivity contribution in [2.24, 2.45) is 52.3 Å². The van der Waals surface area contributed by atoms with Gasteiger partial charge in [-0.2, -0.15) is 0 Å². The third kappa shape index (κ3) is 5.94. The topological polar surface area (TPSA) is 220 Å². The van der Waals surface area contributed by atoms with E-state index in [0.717, 1.165) is 44.9 Å². The zero-order valence-corrected chi connectivity index (χ0v) is 35.5. The highest BCUT2D eigenvalue weighted by molar-refractivity contribution is 6.32. The number of fused-ring (bicyclic) bond motifs is 8. The lowest BCUT2D eigenvalue weighted by atomic mass is 9.46. The number of nitrogens with one attached hydrogen (secondary N) is 2. The number of likely N-dealkylation sites (N-methyl/N-ethyl adjacent to an activating group) is 1. The molecule has 1 aromatic rings. The number of allylic oxidation sites excluding steroid dienone is 1. The lowest BCUT2D eigenvalue weighted by molar-refractivity contribution is -0.197. The molecule has 0 bridgehead atoms. The summed E-state index contributed by atoms with van der Waals surface area (Å²) in [5, 5.41) is 51.6. The Morgan fingerprint density at radius 3 is 2.38 bits per heavy atom. The normalized spacial score (nSPS) is 43.2. The van der Waals surface area contributed by atoms with Gasteiger partial charge in [-0.3, -0.25) is 39.0 Å². The summed E-state index contributed by atoms with van der Waals surface area (Å²) < 4.78 is 6.26. The molecule has 0 saturated heterocycles. The standard InChI is InChI=1S/C46H61N3O11/c1-22-26-8-7-9-30(51)32(26)37(52)33-31(22)38(53)35-36(49(5)6)39(54)34(41(56)46(35,59)40(33)55)42(57)48-21-47-18-19-60-25-12-15-43(3)24(20-25)10-11-27-28(43)13-16-44(4)29(27)14-17-45(44,58)23(2)50/h7-9,20,22,25,27-29,31,33-36,38,47,51,53,58-59H,10-19,21H2,1-6H3,(H,48,57). The molecule has 15 unspecified atom stereocenters. The van der Waals surface area contributed by atoms with Crippen molar-refractivity contribution in [3.8, 4) is 5.75 Å². The van der Waals surface area contributed by atoms with Gasteiger partial charge in [0.1, 0.15) is 11.4 Å². The van der Waals surface area contributed by atoms with Crippen LogP contribution in [-0.2, 0) is 28.7 Å². The van der Waals surface area contributed by atoms with Gasteiger partial charge in [-0.1, -0.05) is 44.6 Å². The first-order chi connectivity index (χ1) is 28.3. The van der Waals surface area contributed by atoms with Gasteiger partial charge >= 0.3 is 0 Å². The number of aromatic hydroxyl groups is 1. The van der Waals surface area contributed by atoms with E-state index in [0.29, 0.717) is 42.9 Å². The van der Waals surface area contributed by atoms with E-state index >= 15 is 0 Å². The van der Waals surface area contributed by atoms with E-state index in [4.69, 9.17) is 4.74 Å². The molecule has 14 nitrogen and oxygen atoms in total. The third-order valence-corrected chi connectivity index (χ3v) is 17.1. The second kappa shape index (κ2) is 15.0. The Balaban J connectivity index is 0.881. The molecule has 1 aromatic carbocycles. The Labute approximate surface area is 350 Å². The number of phenols is 1. The number of rotatable bonds is 9. The molecule has 0 aromatic heterocycles. The molecule has 1 amide bonds.